The fourth-order valence-corrected chi connectivity index (χ4v) is 2.93. The summed E-state index contributed by atoms with van der Waals surface area (Å²) in [5.74, 6) is 0.250. The second-order valence-electron chi connectivity index (χ2n) is 5.80. The highest BCUT2D eigenvalue weighted by Crippen LogP contribution is 2.13. The second kappa shape index (κ2) is 8.17. The van der Waals surface area contributed by atoms with E-state index in [1.165, 1.54) is 0 Å². The summed E-state index contributed by atoms with van der Waals surface area (Å²) in [4.78, 5) is 30.9. The fourth-order valence-electron chi connectivity index (χ4n) is 2.93. The number of aromatic amines is 2. The van der Waals surface area contributed by atoms with Gasteiger partial charge in [0, 0.05) is 26.1 Å². The number of imidazole rings is 1. The lowest BCUT2D eigenvalue weighted by molar-refractivity contribution is -0.131. The van der Waals surface area contributed by atoms with Gasteiger partial charge in [-0.15, -0.1) is 12.4 Å². The quantitative estimate of drug-likeness (QED) is 0.788. The van der Waals surface area contributed by atoms with Crippen LogP contribution >= 0.6 is 12.4 Å². The Bertz CT molecular complexity index is 701. The number of nitrogens with one attached hydrogen (secondary N) is 3. The monoisotopic (exact) mass is 338 g/mol. The maximum absolute atomic E-state index is 12.2. The zero-order valence-electron chi connectivity index (χ0n) is 13.1. The third-order valence-corrected chi connectivity index (χ3v) is 4.13. The van der Waals surface area contributed by atoms with Gasteiger partial charge < -0.3 is 20.2 Å². The van der Waals surface area contributed by atoms with Crippen LogP contribution in [0.3, 0.4) is 0 Å². The summed E-state index contributed by atoms with van der Waals surface area (Å²) in [6, 6.07) is 5.89. The molecule has 0 spiro atoms. The van der Waals surface area contributed by atoms with Crippen LogP contribution in [0.1, 0.15) is 24.8 Å². The smallest absolute Gasteiger partial charge is 0.323 e. The average Bonchev–Trinajstić information content (AvgIpc) is 2.72. The van der Waals surface area contributed by atoms with E-state index in [2.05, 4.69) is 15.3 Å². The minimum absolute atomic E-state index is 0. The van der Waals surface area contributed by atoms with Crippen molar-refractivity contribution in [2.75, 3.05) is 26.2 Å². The summed E-state index contributed by atoms with van der Waals surface area (Å²) in [7, 11) is 0. The average molecular weight is 339 g/mol. The van der Waals surface area contributed by atoms with Crippen LogP contribution in [-0.2, 0) is 11.2 Å². The van der Waals surface area contributed by atoms with Crippen molar-refractivity contribution >= 4 is 29.3 Å². The molecular formula is C16H23ClN4O2. The van der Waals surface area contributed by atoms with Gasteiger partial charge in [-0.3, -0.25) is 4.79 Å². The normalized spacial score (nSPS) is 15.2. The molecule has 1 aromatic heterocycles. The summed E-state index contributed by atoms with van der Waals surface area (Å²) in [5, 5.41) is 3.31. The van der Waals surface area contributed by atoms with E-state index in [1.807, 2.05) is 23.1 Å². The van der Waals surface area contributed by atoms with E-state index in [4.69, 9.17) is 0 Å². The number of H-pyrrole nitrogens is 2. The predicted molar refractivity (Wildman–Crippen MR) is 93.2 cm³/mol. The van der Waals surface area contributed by atoms with Crippen LogP contribution in [0, 0.1) is 0 Å². The molecular weight excluding hydrogens is 316 g/mol. The van der Waals surface area contributed by atoms with Gasteiger partial charge in [-0.05, 0) is 43.5 Å². The number of benzene rings is 1. The lowest BCUT2D eigenvalue weighted by Crippen LogP contribution is -2.34. The van der Waals surface area contributed by atoms with Gasteiger partial charge in [0.15, 0.2) is 0 Å². The van der Waals surface area contributed by atoms with E-state index in [0.29, 0.717) is 6.42 Å². The van der Waals surface area contributed by atoms with E-state index in [0.717, 1.165) is 62.0 Å². The number of nitrogens with zero attached hydrogens (tertiary/aromatic N) is 1. The first-order valence-corrected chi connectivity index (χ1v) is 7.92. The molecule has 0 unspecified atom stereocenters. The van der Waals surface area contributed by atoms with Crippen LogP contribution in [-0.4, -0.2) is 47.0 Å². The van der Waals surface area contributed by atoms with Crippen molar-refractivity contribution in [1.82, 2.24) is 20.2 Å². The van der Waals surface area contributed by atoms with Gasteiger partial charge in [-0.2, -0.15) is 0 Å². The standard InChI is InChI=1S/C16H22N4O2.ClH/c21-15(20-9-2-7-17-8-10-20)4-1-3-12-5-6-13-14(11-12)19-16(22)18-13;/h5-6,11,17H,1-4,7-10H2,(H2,18,19,22);1H. The molecule has 0 radical (unpaired) electrons. The lowest BCUT2D eigenvalue weighted by Gasteiger charge is -2.19. The molecule has 0 aliphatic carbocycles. The van der Waals surface area contributed by atoms with Crippen molar-refractivity contribution in [3.8, 4) is 0 Å². The van der Waals surface area contributed by atoms with Crippen LogP contribution in [0.2, 0.25) is 0 Å². The molecule has 1 fully saturated rings. The number of carbonyl (C=O) groups is 1. The van der Waals surface area contributed by atoms with Crippen LogP contribution in [0.25, 0.3) is 11.0 Å². The third kappa shape index (κ3) is 4.59. The molecule has 1 aliphatic rings. The van der Waals surface area contributed by atoms with E-state index >= 15 is 0 Å². The highest BCUT2D eigenvalue weighted by molar-refractivity contribution is 5.85. The molecule has 126 valence electrons. The molecule has 0 atom stereocenters. The fraction of sp³-hybridized carbons (Fsp3) is 0.500. The number of aromatic nitrogens is 2. The Morgan fingerprint density at radius 3 is 2.83 bits per heavy atom. The first-order chi connectivity index (χ1) is 10.7. The second-order valence-corrected chi connectivity index (χ2v) is 5.80. The summed E-state index contributed by atoms with van der Waals surface area (Å²) in [6.45, 7) is 3.57. The number of hydrogen-bond donors (Lipinski definition) is 3. The summed E-state index contributed by atoms with van der Waals surface area (Å²) in [5.41, 5.74) is 2.61. The number of amides is 1. The minimum atomic E-state index is -0.183. The van der Waals surface area contributed by atoms with Crippen molar-refractivity contribution in [3.63, 3.8) is 0 Å². The van der Waals surface area contributed by atoms with Crippen molar-refractivity contribution < 1.29 is 4.79 Å². The number of hydrogen-bond acceptors (Lipinski definition) is 3. The molecule has 3 N–H and O–H groups in total. The molecule has 3 rings (SSSR count). The summed E-state index contributed by atoms with van der Waals surface area (Å²) >= 11 is 0. The van der Waals surface area contributed by atoms with E-state index in [9.17, 15) is 9.59 Å². The first kappa shape index (κ1) is 17.6. The van der Waals surface area contributed by atoms with Gasteiger partial charge in [-0.1, -0.05) is 6.07 Å². The van der Waals surface area contributed by atoms with Gasteiger partial charge in [-0.25, -0.2) is 4.79 Å². The molecule has 1 amide bonds. The Labute approximate surface area is 141 Å². The van der Waals surface area contributed by atoms with E-state index in [1.54, 1.807) is 0 Å². The summed E-state index contributed by atoms with van der Waals surface area (Å²) in [6.07, 6.45) is 3.30. The molecule has 23 heavy (non-hydrogen) atoms. The van der Waals surface area contributed by atoms with Crippen molar-refractivity contribution in [3.05, 3.63) is 34.2 Å². The first-order valence-electron chi connectivity index (χ1n) is 7.92. The molecule has 2 aromatic rings. The Hall–Kier alpha value is -1.79. The highest BCUT2D eigenvalue weighted by Gasteiger charge is 2.14. The number of fused-ring (bicyclic) bond motifs is 1. The van der Waals surface area contributed by atoms with Crippen molar-refractivity contribution in [1.29, 1.82) is 0 Å². The van der Waals surface area contributed by atoms with Gasteiger partial charge in [0.05, 0.1) is 11.0 Å². The number of halogens is 1. The zero-order chi connectivity index (χ0) is 15.4. The minimum Gasteiger partial charge on any atom is -0.341 e. The Balaban J connectivity index is 0.00000192. The summed E-state index contributed by atoms with van der Waals surface area (Å²) < 4.78 is 0. The zero-order valence-corrected chi connectivity index (χ0v) is 13.9. The molecule has 2 heterocycles. The Kier molecular flexibility index (Phi) is 6.24. The number of carbonyl (C=O) groups excluding carboxylic acids is 1. The van der Waals surface area contributed by atoms with Crippen molar-refractivity contribution in [2.45, 2.75) is 25.7 Å². The molecule has 1 aliphatic heterocycles. The maximum Gasteiger partial charge on any atom is 0.323 e. The van der Waals surface area contributed by atoms with Gasteiger partial charge in [0.25, 0.3) is 0 Å². The number of rotatable bonds is 4. The lowest BCUT2D eigenvalue weighted by atomic mass is 10.1. The molecule has 1 aromatic carbocycles. The van der Waals surface area contributed by atoms with Crippen LogP contribution in [0.15, 0.2) is 23.0 Å². The van der Waals surface area contributed by atoms with E-state index in [-0.39, 0.29) is 24.0 Å². The van der Waals surface area contributed by atoms with Crippen LogP contribution in [0.4, 0.5) is 0 Å². The third-order valence-electron chi connectivity index (χ3n) is 4.13. The molecule has 6 nitrogen and oxygen atoms in total. The Morgan fingerprint density at radius 2 is 1.96 bits per heavy atom. The number of aryl methyl sites for hydroxylation is 1. The van der Waals surface area contributed by atoms with Gasteiger partial charge >= 0.3 is 5.69 Å². The van der Waals surface area contributed by atoms with Crippen LogP contribution < -0.4 is 11.0 Å². The molecule has 0 bridgehead atoms. The molecule has 1 saturated heterocycles. The molecule has 0 saturated carbocycles. The van der Waals surface area contributed by atoms with Gasteiger partial charge in [0.1, 0.15) is 0 Å². The maximum atomic E-state index is 12.2. The van der Waals surface area contributed by atoms with Crippen LogP contribution in [0.5, 0.6) is 0 Å². The SMILES string of the molecule is Cl.O=C(CCCc1ccc2[nH]c(=O)[nH]c2c1)N1CCCNCC1. The van der Waals surface area contributed by atoms with E-state index < -0.39 is 0 Å². The largest absolute Gasteiger partial charge is 0.341 e. The van der Waals surface area contributed by atoms with Gasteiger partial charge in [0.2, 0.25) is 5.91 Å². The predicted octanol–water partition coefficient (Wildman–Crippen LogP) is 1.42. The molecule has 7 heteroatoms. The van der Waals surface area contributed by atoms with Crippen molar-refractivity contribution in [2.24, 2.45) is 0 Å². The Morgan fingerprint density at radius 1 is 1.13 bits per heavy atom. The topological polar surface area (TPSA) is 81.0 Å². The highest BCUT2D eigenvalue weighted by atomic mass is 35.5.